The molecule has 0 aliphatic heterocycles. The van der Waals surface area contributed by atoms with Gasteiger partial charge in [0, 0.05) is 18.7 Å². The first-order valence-electron chi connectivity index (χ1n) is 6.45. The van der Waals surface area contributed by atoms with Gasteiger partial charge in [-0.15, -0.1) is 0 Å². The lowest BCUT2D eigenvalue weighted by atomic mass is 10.2. The van der Waals surface area contributed by atoms with Crippen molar-refractivity contribution in [1.82, 2.24) is 9.55 Å². The molecule has 3 aromatic rings. The Morgan fingerprint density at radius 2 is 1.85 bits per heavy atom. The molecule has 1 heterocycles. The van der Waals surface area contributed by atoms with Crippen molar-refractivity contribution < 1.29 is 4.74 Å². The molecule has 0 N–H and O–H groups in total. The van der Waals surface area contributed by atoms with Crippen LogP contribution < -0.4 is 0 Å². The third-order valence-electron chi connectivity index (χ3n) is 3.26. The molecular formula is C16H15ClN2O. The van der Waals surface area contributed by atoms with Crippen LogP contribution in [0.4, 0.5) is 0 Å². The number of para-hydroxylation sites is 2. The summed E-state index contributed by atoms with van der Waals surface area (Å²) in [6.07, 6.45) is 0. The van der Waals surface area contributed by atoms with E-state index in [0.29, 0.717) is 6.61 Å². The highest BCUT2D eigenvalue weighted by atomic mass is 35.5. The van der Waals surface area contributed by atoms with Crippen LogP contribution in [0.25, 0.3) is 11.0 Å². The molecular weight excluding hydrogens is 272 g/mol. The Bertz CT molecular complexity index is 719. The van der Waals surface area contributed by atoms with Gasteiger partial charge in [0.2, 0.25) is 0 Å². The van der Waals surface area contributed by atoms with E-state index in [-0.39, 0.29) is 0 Å². The highest BCUT2D eigenvalue weighted by molar-refractivity contribution is 6.30. The summed E-state index contributed by atoms with van der Waals surface area (Å²) in [6, 6.07) is 16.0. The maximum Gasteiger partial charge on any atom is 0.136 e. The fraction of sp³-hybridized carbons (Fsp3) is 0.188. The highest BCUT2D eigenvalue weighted by Gasteiger charge is 2.10. The van der Waals surface area contributed by atoms with Gasteiger partial charge in [0.25, 0.3) is 0 Å². The third-order valence-corrected chi connectivity index (χ3v) is 3.51. The van der Waals surface area contributed by atoms with E-state index in [0.717, 1.165) is 28.4 Å². The van der Waals surface area contributed by atoms with Gasteiger partial charge >= 0.3 is 0 Å². The highest BCUT2D eigenvalue weighted by Crippen LogP contribution is 2.19. The van der Waals surface area contributed by atoms with Crippen LogP contribution >= 0.6 is 11.6 Å². The second-order valence-electron chi connectivity index (χ2n) is 4.66. The molecule has 0 aliphatic carbocycles. The zero-order valence-corrected chi connectivity index (χ0v) is 12.0. The Hall–Kier alpha value is -1.84. The van der Waals surface area contributed by atoms with E-state index in [9.17, 15) is 0 Å². The van der Waals surface area contributed by atoms with Gasteiger partial charge in [-0.05, 0) is 29.8 Å². The van der Waals surface area contributed by atoms with E-state index in [1.807, 2.05) is 42.5 Å². The minimum atomic E-state index is 0.502. The quantitative estimate of drug-likeness (QED) is 0.728. The Labute approximate surface area is 122 Å². The van der Waals surface area contributed by atoms with Crippen LogP contribution in [0.2, 0.25) is 5.02 Å². The van der Waals surface area contributed by atoms with Gasteiger partial charge in [0.15, 0.2) is 0 Å². The molecule has 3 rings (SSSR count). The van der Waals surface area contributed by atoms with Crippen molar-refractivity contribution in [1.29, 1.82) is 0 Å². The van der Waals surface area contributed by atoms with E-state index < -0.39 is 0 Å². The van der Waals surface area contributed by atoms with Crippen molar-refractivity contribution in [3.05, 3.63) is 64.9 Å². The molecule has 102 valence electrons. The van der Waals surface area contributed by atoms with Gasteiger partial charge in [-0.3, -0.25) is 0 Å². The first-order chi connectivity index (χ1) is 9.78. The van der Waals surface area contributed by atoms with E-state index in [1.165, 1.54) is 5.56 Å². The predicted octanol–water partition coefficient (Wildman–Crippen LogP) is 3.88. The van der Waals surface area contributed by atoms with E-state index in [2.05, 4.69) is 15.6 Å². The molecule has 3 nitrogen and oxygen atoms in total. The average molecular weight is 287 g/mol. The van der Waals surface area contributed by atoms with Crippen molar-refractivity contribution >= 4 is 22.6 Å². The lowest BCUT2D eigenvalue weighted by molar-refractivity contribution is 0.175. The van der Waals surface area contributed by atoms with Crippen molar-refractivity contribution in [2.45, 2.75) is 13.2 Å². The maximum absolute atomic E-state index is 5.93. The number of rotatable bonds is 4. The normalized spacial score (nSPS) is 11.1. The molecule has 2 aromatic carbocycles. The Morgan fingerprint density at radius 3 is 2.60 bits per heavy atom. The zero-order chi connectivity index (χ0) is 13.9. The number of hydrogen-bond acceptors (Lipinski definition) is 2. The van der Waals surface area contributed by atoms with E-state index in [1.54, 1.807) is 7.11 Å². The molecule has 4 heteroatoms. The van der Waals surface area contributed by atoms with Crippen LogP contribution in [0.5, 0.6) is 0 Å². The Kier molecular flexibility index (Phi) is 3.72. The summed E-state index contributed by atoms with van der Waals surface area (Å²) >= 11 is 5.93. The third kappa shape index (κ3) is 2.55. The van der Waals surface area contributed by atoms with Crippen LogP contribution in [0.3, 0.4) is 0 Å². The van der Waals surface area contributed by atoms with Crippen molar-refractivity contribution in [2.75, 3.05) is 7.11 Å². The van der Waals surface area contributed by atoms with Crippen molar-refractivity contribution in [3.63, 3.8) is 0 Å². The van der Waals surface area contributed by atoms with Crippen LogP contribution in [0.15, 0.2) is 48.5 Å². The van der Waals surface area contributed by atoms with Crippen LogP contribution in [0, 0.1) is 0 Å². The van der Waals surface area contributed by atoms with Gasteiger partial charge in [-0.2, -0.15) is 0 Å². The Balaban J connectivity index is 2.04. The van der Waals surface area contributed by atoms with Crippen LogP contribution in [-0.4, -0.2) is 16.7 Å². The number of aromatic nitrogens is 2. The number of benzene rings is 2. The molecule has 0 bridgehead atoms. The zero-order valence-electron chi connectivity index (χ0n) is 11.2. The largest absolute Gasteiger partial charge is 0.377 e. The molecule has 0 spiro atoms. The molecule has 0 amide bonds. The molecule has 0 aliphatic rings. The number of halogens is 1. The fourth-order valence-corrected chi connectivity index (χ4v) is 2.44. The molecule has 0 fully saturated rings. The van der Waals surface area contributed by atoms with Gasteiger partial charge in [-0.25, -0.2) is 4.98 Å². The maximum atomic E-state index is 5.93. The summed E-state index contributed by atoms with van der Waals surface area (Å²) in [5, 5.41) is 0.751. The number of fused-ring (bicyclic) bond motifs is 1. The molecule has 0 unspecified atom stereocenters. The van der Waals surface area contributed by atoms with Crippen molar-refractivity contribution in [2.24, 2.45) is 0 Å². The smallest absolute Gasteiger partial charge is 0.136 e. The number of nitrogens with zero attached hydrogens (tertiary/aromatic N) is 2. The minimum Gasteiger partial charge on any atom is -0.377 e. The fourth-order valence-electron chi connectivity index (χ4n) is 2.31. The predicted molar refractivity (Wildman–Crippen MR) is 81.0 cm³/mol. The molecule has 0 radical (unpaired) electrons. The first kappa shape index (κ1) is 13.2. The summed E-state index contributed by atoms with van der Waals surface area (Å²) < 4.78 is 7.43. The monoisotopic (exact) mass is 286 g/mol. The van der Waals surface area contributed by atoms with Crippen molar-refractivity contribution in [3.8, 4) is 0 Å². The topological polar surface area (TPSA) is 27.1 Å². The number of hydrogen-bond donors (Lipinski definition) is 0. The SMILES string of the molecule is COCc1nc2ccccc2n1Cc1ccc(Cl)cc1. The van der Waals surface area contributed by atoms with Crippen LogP contribution in [-0.2, 0) is 17.9 Å². The summed E-state index contributed by atoms with van der Waals surface area (Å²) in [6.45, 7) is 1.26. The van der Waals surface area contributed by atoms with Gasteiger partial charge < -0.3 is 9.30 Å². The minimum absolute atomic E-state index is 0.502. The van der Waals surface area contributed by atoms with Gasteiger partial charge in [0.05, 0.1) is 11.0 Å². The molecule has 1 aromatic heterocycles. The van der Waals surface area contributed by atoms with E-state index in [4.69, 9.17) is 16.3 Å². The first-order valence-corrected chi connectivity index (χ1v) is 6.83. The standard InChI is InChI=1S/C16H15ClN2O/c1-20-11-16-18-14-4-2-3-5-15(14)19(16)10-12-6-8-13(17)9-7-12/h2-9H,10-11H2,1H3. The van der Waals surface area contributed by atoms with Crippen LogP contribution in [0.1, 0.15) is 11.4 Å². The van der Waals surface area contributed by atoms with E-state index >= 15 is 0 Å². The summed E-state index contributed by atoms with van der Waals surface area (Å²) in [5.41, 5.74) is 3.30. The second-order valence-corrected chi connectivity index (χ2v) is 5.10. The second kappa shape index (κ2) is 5.65. The summed E-state index contributed by atoms with van der Waals surface area (Å²) in [7, 11) is 1.69. The molecule has 20 heavy (non-hydrogen) atoms. The number of imidazole rings is 1. The lowest BCUT2D eigenvalue weighted by Gasteiger charge is -2.09. The number of methoxy groups -OCH3 is 1. The number of ether oxygens (including phenoxy) is 1. The van der Waals surface area contributed by atoms with Gasteiger partial charge in [-0.1, -0.05) is 35.9 Å². The summed E-state index contributed by atoms with van der Waals surface area (Å²) in [4.78, 5) is 4.63. The van der Waals surface area contributed by atoms with Gasteiger partial charge in [0.1, 0.15) is 12.4 Å². The average Bonchev–Trinajstić information content (AvgIpc) is 2.80. The molecule has 0 saturated heterocycles. The Morgan fingerprint density at radius 1 is 1.10 bits per heavy atom. The molecule has 0 atom stereocenters. The lowest BCUT2D eigenvalue weighted by Crippen LogP contribution is -2.06. The molecule has 0 saturated carbocycles. The summed E-state index contributed by atoms with van der Waals surface area (Å²) in [5.74, 6) is 0.934.